The summed E-state index contributed by atoms with van der Waals surface area (Å²) in [4.78, 5) is 22.7. The van der Waals surface area contributed by atoms with E-state index in [0.29, 0.717) is 22.3 Å². The second kappa shape index (κ2) is 8.00. The number of nitrogens with one attached hydrogen (secondary N) is 1. The molecule has 0 aliphatic carbocycles. The molecule has 0 radical (unpaired) electrons. The zero-order valence-corrected chi connectivity index (χ0v) is 16.1. The molecule has 1 aromatic heterocycles. The Kier molecular flexibility index (Phi) is 5.26. The van der Waals surface area contributed by atoms with Crippen molar-refractivity contribution in [2.24, 2.45) is 5.73 Å². The van der Waals surface area contributed by atoms with E-state index in [9.17, 15) is 9.18 Å². The molecule has 1 fully saturated rings. The molecule has 1 amide bonds. The average molecular weight is 395 g/mol. The van der Waals surface area contributed by atoms with Gasteiger partial charge in [0, 0.05) is 11.9 Å². The van der Waals surface area contributed by atoms with Crippen LogP contribution in [0.25, 0.3) is 10.9 Å². The van der Waals surface area contributed by atoms with Crippen molar-refractivity contribution >= 4 is 22.6 Å². The van der Waals surface area contributed by atoms with Crippen molar-refractivity contribution in [3.63, 3.8) is 0 Å². The third kappa shape index (κ3) is 3.84. The number of hydrogen-bond donors (Lipinski definition) is 2. The van der Waals surface area contributed by atoms with Gasteiger partial charge in [-0.25, -0.2) is 14.4 Å². The lowest BCUT2D eigenvalue weighted by Crippen LogP contribution is -2.41. The van der Waals surface area contributed by atoms with E-state index in [2.05, 4.69) is 20.2 Å². The summed E-state index contributed by atoms with van der Waals surface area (Å²) in [6, 6.07) is 9.93. The molecule has 2 aromatic carbocycles. The minimum Gasteiger partial charge on any atom is -0.494 e. The van der Waals surface area contributed by atoms with Crippen LogP contribution < -0.4 is 15.8 Å². The van der Waals surface area contributed by atoms with Crippen LogP contribution in [-0.2, 0) is 0 Å². The molecule has 1 aliphatic heterocycles. The van der Waals surface area contributed by atoms with Crippen LogP contribution in [0.5, 0.6) is 5.75 Å². The highest BCUT2D eigenvalue weighted by molar-refractivity contribution is 6.06. The predicted molar refractivity (Wildman–Crippen MR) is 108 cm³/mol. The van der Waals surface area contributed by atoms with Crippen LogP contribution in [0.15, 0.2) is 42.7 Å². The molecule has 1 saturated heterocycles. The van der Waals surface area contributed by atoms with E-state index in [-0.39, 0.29) is 11.8 Å². The molecule has 4 rings (SSSR count). The number of para-hydroxylation sites is 1. The fourth-order valence-electron chi connectivity index (χ4n) is 3.52. The van der Waals surface area contributed by atoms with Crippen molar-refractivity contribution in [3.8, 4) is 5.75 Å². The number of anilines is 1. The Hall–Kier alpha value is -3.26. The summed E-state index contributed by atoms with van der Waals surface area (Å²) in [6.45, 7) is 2.77. The number of fused-ring (bicyclic) bond motifs is 1. The number of benzene rings is 2. The van der Waals surface area contributed by atoms with E-state index in [1.807, 2.05) is 6.07 Å². The van der Waals surface area contributed by atoms with Gasteiger partial charge in [0.2, 0.25) is 0 Å². The monoisotopic (exact) mass is 395 g/mol. The molecule has 3 N–H and O–H groups in total. The number of nitrogens with zero attached hydrogens (tertiary/aromatic N) is 3. The molecular weight excluding hydrogens is 373 g/mol. The zero-order valence-electron chi connectivity index (χ0n) is 16.1. The number of ether oxygens (including phenoxy) is 1. The van der Waals surface area contributed by atoms with Crippen molar-refractivity contribution in [1.29, 1.82) is 0 Å². The lowest BCUT2D eigenvalue weighted by Gasteiger charge is -2.35. The average Bonchev–Trinajstić information content (AvgIpc) is 2.69. The van der Waals surface area contributed by atoms with Gasteiger partial charge in [-0.1, -0.05) is 12.1 Å². The van der Waals surface area contributed by atoms with Crippen molar-refractivity contribution in [2.45, 2.75) is 12.5 Å². The number of aromatic nitrogens is 2. The largest absolute Gasteiger partial charge is 0.494 e. The molecule has 0 unspecified atom stereocenters. The first-order valence-corrected chi connectivity index (χ1v) is 9.42. The van der Waals surface area contributed by atoms with E-state index in [4.69, 9.17) is 10.5 Å². The van der Waals surface area contributed by atoms with Crippen LogP contribution in [0.1, 0.15) is 28.4 Å². The third-order valence-corrected chi connectivity index (χ3v) is 5.21. The number of nitrogens with two attached hydrogens (primary N) is 1. The summed E-state index contributed by atoms with van der Waals surface area (Å²) in [7, 11) is 1.45. The van der Waals surface area contributed by atoms with E-state index >= 15 is 0 Å². The first-order valence-electron chi connectivity index (χ1n) is 9.42. The van der Waals surface area contributed by atoms with Gasteiger partial charge in [-0.2, -0.15) is 0 Å². The summed E-state index contributed by atoms with van der Waals surface area (Å²) >= 11 is 0. The Morgan fingerprint density at radius 1 is 1.31 bits per heavy atom. The van der Waals surface area contributed by atoms with Gasteiger partial charge in [0.25, 0.3) is 5.91 Å². The number of hydrogen-bond acceptors (Lipinski definition) is 6. The number of likely N-dealkylation sites (tertiary alicyclic amines) is 1. The maximum Gasteiger partial charge on any atom is 0.250 e. The number of carbonyl (C=O) groups is 1. The minimum absolute atomic E-state index is 0.153. The third-order valence-electron chi connectivity index (χ3n) is 5.21. The van der Waals surface area contributed by atoms with Crippen molar-refractivity contribution < 1.29 is 13.9 Å². The molecule has 1 aliphatic rings. The van der Waals surface area contributed by atoms with Crippen LogP contribution in [0.3, 0.4) is 0 Å². The molecule has 0 spiro atoms. The van der Waals surface area contributed by atoms with Gasteiger partial charge >= 0.3 is 0 Å². The molecule has 0 saturated carbocycles. The second-order valence-electron chi connectivity index (χ2n) is 7.03. The Balaban J connectivity index is 1.73. The first kappa shape index (κ1) is 19.1. The Morgan fingerprint density at radius 3 is 2.83 bits per heavy atom. The lowest BCUT2D eigenvalue weighted by molar-refractivity contribution is 0.100. The molecule has 150 valence electrons. The summed E-state index contributed by atoms with van der Waals surface area (Å²) in [5, 5.41) is 4.15. The van der Waals surface area contributed by atoms with Crippen LogP contribution >= 0.6 is 0 Å². The Bertz CT molecular complexity index is 1050. The second-order valence-corrected chi connectivity index (χ2v) is 7.03. The Morgan fingerprint density at radius 2 is 2.14 bits per heavy atom. The number of methoxy groups -OCH3 is 1. The quantitative estimate of drug-likeness (QED) is 0.639. The van der Waals surface area contributed by atoms with Crippen LogP contribution in [0.2, 0.25) is 0 Å². The number of amides is 1. The molecule has 2 heterocycles. The highest BCUT2D eigenvalue weighted by Crippen LogP contribution is 2.29. The van der Waals surface area contributed by atoms with Gasteiger partial charge in [-0.3, -0.25) is 4.79 Å². The number of rotatable bonds is 7. The molecular formula is C21H22FN5O2. The SMILES string of the molecule is COc1cc([C@@H](CN2CCC2)Nc2ncnc3c(C(N)=O)cccc23)ccc1F. The molecule has 0 bridgehead atoms. The van der Waals surface area contributed by atoms with Crippen LogP contribution in [-0.4, -0.2) is 47.5 Å². The van der Waals surface area contributed by atoms with E-state index in [0.717, 1.165) is 31.6 Å². The fourth-order valence-corrected chi connectivity index (χ4v) is 3.52. The van der Waals surface area contributed by atoms with Crippen LogP contribution in [0, 0.1) is 5.82 Å². The molecule has 29 heavy (non-hydrogen) atoms. The van der Waals surface area contributed by atoms with Crippen molar-refractivity contribution in [1.82, 2.24) is 14.9 Å². The van der Waals surface area contributed by atoms with E-state index in [1.165, 1.54) is 19.5 Å². The highest BCUT2D eigenvalue weighted by Gasteiger charge is 2.23. The van der Waals surface area contributed by atoms with Gasteiger partial charge in [0.05, 0.1) is 24.2 Å². The van der Waals surface area contributed by atoms with Crippen molar-refractivity contribution in [2.75, 3.05) is 32.1 Å². The van der Waals surface area contributed by atoms with Gasteiger partial charge in [-0.05, 0) is 49.3 Å². The smallest absolute Gasteiger partial charge is 0.250 e. The summed E-state index contributed by atoms with van der Waals surface area (Å²) in [6.07, 6.45) is 2.57. The molecule has 7 nitrogen and oxygen atoms in total. The standard InChI is InChI=1S/C21H22FN5O2/c1-29-18-10-13(6-7-16(18)22)17(11-27-8-3-9-27)26-21-15-5-2-4-14(20(23)28)19(15)24-12-25-21/h2,4-7,10,12,17H,3,8-9,11H2,1H3,(H2,23,28)(H,24,25,26)/t17-/m1/s1. The lowest BCUT2D eigenvalue weighted by atomic mass is 10.0. The summed E-state index contributed by atoms with van der Waals surface area (Å²) < 4.78 is 19.1. The molecule has 8 heteroatoms. The maximum absolute atomic E-state index is 13.9. The Labute approximate surface area is 167 Å². The number of primary amides is 1. The first-order chi connectivity index (χ1) is 14.1. The maximum atomic E-state index is 13.9. The van der Waals surface area contributed by atoms with Gasteiger partial charge < -0.3 is 20.7 Å². The van der Waals surface area contributed by atoms with Gasteiger partial charge in [0.15, 0.2) is 11.6 Å². The highest BCUT2D eigenvalue weighted by atomic mass is 19.1. The number of halogens is 1. The van der Waals surface area contributed by atoms with E-state index in [1.54, 1.807) is 24.3 Å². The number of carbonyl (C=O) groups excluding carboxylic acids is 1. The summed E-state index contributed by atoms with van der Waals surface area (Å²) in [5.74, 6) is -0.161. The van der Waals surface area contributed by atoms with Crippen LogP contribution in [0.4, 0.5) is 10.2 Å². The molecule has 1 atom stereocenters. The molecule has 3 aromatic rings. The van der Waals surface area contributed by atoms with E-state index < -0.39 is 11.7 Å². The normalized spacial score (nSPS) is 15.0. The zero-order chi connectivity index (χ0) is 20.4. The minimum atomic E-state index is -0.541. The van der Waals surface area contributed by atoms with Gasteiger partial charge in [-0.15, -0.1) is 0 Å². The predicted octanol–water partition coefficient (Wildman–Crippen LogP) is 2.74. The van der Waals surface area contributed by atoms with Crippen molar-refractivity contribution in [3.05, 3.63) is 59.7 Å². The van der Waals surface area contributed by atoms with Gasteiger partial charge in [0.1, 0.15) is 12.1 Å². The fraction of sp³-hybridized carbons (Fsp3) is 0.286. The topological polar surface area (TPSA) is 93.4 Å². The summed E-state index contributed by atoms with van der Waals surface area (Å²) in [5.41, 5.74) is 7.21.